The van der Waals surface area contributed by atoms with Gasteiger partial charge in [-0.15, -0.1) is 21.5 Å². The molecule has 0 saturated carbocycles. The van der Waals surface area contributed by atoms with Crippen LogP contribution in [-0.4, -0.2) is 16.2 Å². The normalized spacial score (nSPS) is 10.7. The van der Waals surface area contributed by atoms with Crippen LogP contribution in [0.3, 0.4) is 0 Å². The van der Waals surface area contributed by atoms with Crippen molar-refractivity contribution in [2.75, 3.05) is 0 Å². The van der Waals surface area contributed by atoms with Crippen molar-refractivity contribution in [3.8, 4) is 10.8 Å². The maximum absolute atomic E-state index is 11.8. The minimum absolute atomic E-state index is 0.00678. The van der Waals surface area contributed by atoms with Gasteiger partial charge < -0.3 is 9.15 Å². The van der Waals surface area contributed by atoms with Gasteiger partial charge in [-0.25, -0.2) is 0 Å². The van der Waals surface area contributed by atoms with Gasteiger partial charge in [0.2, 0.25) is 0 Å². The molecule has 0 aliphatic rings. The van der Waals surface area contributed by atoms with Gasteiger partial charge in [-0.05, 0) is 40.0 Å². The SMILES string of the molecule is O=C(CCc1ccccc1)OCc1nnc(-c2ccc(Br)s2)o1. The lowest BCUT2D eigenvalue weighted by molar-refractivity contribution is -0.145. The average molecular weight is 393 g/mol. The molecule has 5 nitrogen and oxygen atoms in total. The van der Waals surface area contributed by atoms with Crippen LogP contribution in [0.25, 0.3) is 10.8 Å². The van der Waals surface area contributed by atoms with E-state index in [1.807, 2.05) is 42.5 Å². The molecule has 1 aromatic carbocycles. The van der Waals surface area contributed by atoms with Gasteiger partial charge in [-0.3, -0.25) is 4.79 Å². The molecule has 0 aliphatic heterocycles. The first-order valence-electron chi connectivity index (χ1n) is 6.98. The van der Waals surface area contributed by atoms with Crippen LogP contribution in [0, 0.1) is 0 Å². The van der Waals surface area contributed by atoms with E-state index in [0.29, 0.717) is 18.7 Å². The lowest BCUT2D eigenvalue weighted by atomic mass is 10.1. The number of esters is 1. The first-order chi connectivity index (χ1) is 11.2. The minimum atomic E-state index is -0.285. The van der Waals surface area contributed by atoms with Crippen LogP contribution in [0.1, 0.15) is 17.9 Å². The molecule has 0 aliphatic carbocycles. The van der Waals surface area contributed by atoms with E-state index in [-0.39, 0.29) is 18.5 Å². The molecule has 3 aromatic rings. The van der Waals surface area contributed by atoms with Gasteiger partial charge in [0.15, 0.2) is 6.61 Å². The molecule has 0 N–H and O–H groups in total. The Morgan fingerprint density at radius 3 is 2.74 bits per heavy atom. The van der Waals surface area contributed by atoms with Gasteiger partial charge in [-0.2, -0.15) is 0 Å². The molecule has 0 radical (unpaired) electrons. The molecule has 0 fully saturated rings. The molecule has 3 rings (SSSR count). The summed E-state index contributed by atoms with van der Waals surface area (Å²) in [4.78, 5) is 12.6. The van der Waals surface area contributed by atoms with Gasteiger partial charge in [0, 0.05) is 6.42 Å². The number of aromatic nitrogens is 2. The fraction of sp³-hybridized carbons (Fsp3) is 0.188. The standard InChI is InChI=1S/C16H13BrN2O3S/c17-13-8-7-12(23-13)16-19-18-14(22-16)10-21-15(20)9-6-11-4-2-1-3-5-11/h1-5,7-8H,6,9-10H2. The van der Waals surface area contributed by atoms with E-state index >= 15 is 0 Å². The van der Waals surface area contributed by atoms with Crippen LogP contribution in [0.4, 0.5) is 0 Å². The summed E-state index contributed by atoms with van der Waals surface area (Å²) in [6, 6.07) is 13.6. The Hall–Kier alpha value is -1.99. The van der Waals surface area contributed by atoms with Crippen LogP contribution in [0.2, 0.25) is 0 Å². The zero-order valence-corrected chi connectivity index (χ0v) is 14.5. The van der Waals surface area contributed by atoms with Crippen LogP contribution in [0.15, 0.2) is 50.7 Å². The van der Waals surface area contributed by atoms with Crippen LogP contribution in [-0.2, 0) is 22.6 Å². The van der Waals surface area contributed by atoms with E-state index in [0.717, 1.165) is 14.2 Å². The summed E-state index contributed by atoms with van der Waals surface area (Å²) in [6.07, 6.45) is 0.973. The number of rotatable bonds is 6. The highest BCUT2D eigenvalue weighted by atomic mass is 79.9. The summed E-state index contributed by atoms with van der Waals surface area (Å²) in [7, 11) is 0. The van der Waals surface area contributed by atoms with Crippen LogP contribution < -0.4 is 0 Å². The fourth-order valence-corrected chi connectivity index (χ4v) is 3.25. The third-order valence-corrected chi connectivity index (χ3v) is 4.68. The third-order valence-electron chi connectivity index (χ3n) is 3.07. The lowest BCUT2D eigenvalue weighted by Crippen LogP contribution is -2.06. The Morgan fingerprint density at radius 1 is 1.17 bits per heavy atom. The Kier molecular flexibility index (Phi) is 5.19. The molecule has 0 amide bonds. The minimum Gasteiger partial charge on any atom is -0.456 e. The Bertz CT molecular complexity index is 785. The van der Waals surface area contributed by atoms with Crippen LogP contribution >= 0.6 is 27.3 Å². The lowest BCUT2D eigenvalue weighted by Gasteiger charge is -2.02. The highest BCUT2D eigenvalue weighted by Crippen LogP contribution is 2.30. The number of hydrogen-bond donors (Lipinski definition) is 0. The van der Waals surface area contributed by atoms with Gasteiger partial charge in [-0.1, -0.05) is 30.3 Å². The summed E-state index contributed by atoms with van der Waals surface area (Å²) >= 11 is 4.88. The van der Waals surface area contributed by atoms with Crippen molar-refractivity contribution < 1.29 is 13.9 Å². The monoisotopic (exact) mass is 392 g/mol. The molecule has 0 spiro atoms. The van der Waals surface area contributed by atoms with Crippen molar-refractivity contribution in [3.63, 3.8) is 0 Å². The van der Waals surface area contributed by atoms with Crippen molar-refractivity contribution in [2.45, 2.75) is 19.4 Å². The summed E-state index contributed by atoms with van der Waals surface area (Å²) in [6.45, 7) is -0.00678. The molecule has 2 aromatic heterocycles. The van der Waals surface area contributed by atoms with Gasteiger partial charge in [0.25, 0.3) is 11.8 Å². The first kappa shape index (κ1) is 15.9. The van der Waals surface area contributed by atoms with E-state index in [1.54, 1.807) is 0 Å². The fourth-order valence-electron chi connectivity index (χ4n) is 1.95. The number of halogens is 1. The van der Waals surface area contributed by atoms with E-state index in [4.69, 9.17) is 9.15 Å². The van der Waals surface area contributed by atoms with Crippen LogP contribution in [0.5, 0.6) is 0 Å². The summed E-state index contributed by atoms with van der Waals surface area (Å²) in [5, 5.41) is 7.84. The highest BCUT2D eigenvalue weighted by Gasteiger charge is 2.12. The molecule has 7 heteroatoms. The second-order valence-corrected chi connectivity index (χ2v) is 7.21. The predicted molar refractivity (Wildman–Crippen MR) is 89.9 cm³/mol. The zero-order valence-electron chi connectivity index (χ0n) is 12.1. The molecule has 0 saturated heterocycles. The van der Waals surface area contributed by atoms with E-state index in [1.165, 1.54) is 11.3 Å². The van der Waals surface area contributed by atoms with E-state index < -0.39 is 0 Å². The van der Waals surface area contributed by atoms with Gasteiger partial charge in [0.1, 0.15) is 0 Å². The summed E-state index contributed by atoms with van der Waals surface area (Å²) in [5.74, 6) is 0.432. The van der Waals surface area contributed by atoms with Crippen molar-refractivity contribution in [2.24, 2.45) is 0 Å². The number of carbonyl (C=O) groups excluding carboxylic acids is 1. The third kappa shape index (κ3) is 4.49. The zero-order chi connectivity index (χ0) is 16.1. The van der Waals surface area contributed by atoms with Crippen molar-refractivity contribution in [1.82, 2.24) is 10.2 Å². The van der Waals surface area contributed by atoms with Gasteiger partial charge >= 0.3 is 5.97 Å². The molecule has 118 valence electrons. The maximum atomic E-state index is 11.8. The maximum Gasteiger partial charge on any atom is 0.306 e. The van der Waals surface area contributed by atoms with Gasteiger partial charge in [0.05, 0.1) is 8.66 Å². The second kappa shape index (κ2) is 7.52. The van der Waals surface area contributed by atoms with Crippen molar-refractivity contribution in [1.29, 1.82) is 0 Å². The Balaban J connectivity index is 1.48. The second-order valence-electron chi connectivity index (χ2n) is 4.75. The molecular formula is C16H13BrN2O3S. The molecular weight excluding hydrogens is 380 g/mol. The number of aryl methyl sites for hydroxylation is 1. The number of hydrogen-bond acceptors (Lipinski definition) is 6. The molecule has 23 heavy (non-hydrogen) atoms. The number of carbonyl (C=O) groups is 1. The van der Waals surface area contributed by atoms with E-state index in [2.05, 4.69) is 26.1 Å². The topological polar surface area (TPSA) is 65.2 Å². The predicted octanol–water partition coefficient (Wildman–Crippen LogP) is 4.24. The summed E-state index contributed by atoms with van der Waals surface area (Å²) in [5.41, 5.74) is 1.10. The van der Waals surface area contributed by atoms with Crippen molar-refractivity contribution >= 4 is 33.2 Å². The molecule has 0 unspecified atom stereocenters. The number of thiophene rings is 1. The first-order valence-corrected chi connectivity index (χ1v) is 8.59. The highest BCUT2D eigenvalue weighted by molar-refractivity contribution is 9.11. The number of ether oxygens (including phenoxy) is 1. The molecule has 0 atom stereocenters. The van der Waals surface area contributed by atoms with E-state index in [9.17, 15) is 4.79 Å². The Labute approximate surface area is 145 Å². The number of benzene rings is 1. The average Bonchev–Trinajstić information content (AvgIpc) is 3.20. The number of nitrogens with zero attached hydrogens (tertiary/aromatic N) is 2. The Morgan fingerprint density at radius 2 is 2.00 bits per heavy atom. The summed E-state index contributed by atoms with van der Waals surface area (Å²) < 4.78 is 11.6. The smallest absolute Gasteiger partial charge is 0.306 e. The largest absolute Gasteiger partial charge is 0.456 e. The van der Waals surface area contributed by atoms with Crippen molar-refractivity contribution in [3.05, 3.63) is 57.7 Å². The molecule has 2 heterocycles. The molecule has 0 bridgehead atoms. The quantitative estimate of drug-likeness (QED) is 0.587.